The number of aromatic nitrogens is 2. The minimum absolute atomic E-state index is 0.522. The summed E-state index contributed by atoms with van der Waals surface area (Å²) in [6.07, 6.45) is 0. The maximum Gasteiger partial charge on any atom is 0.148 e. The van der Waals surface area contributed by atoms with Crippen molar-refractivity contribution in [3.63, 3.8) is 0 Å². The van der Waals surface area contributed by atoms with Gasteiger partial charge in [0.05, 0.1) is 0 Å². The molecule has 94 valence electrons. The second-order valence-corrected chi connectivity index (χ2v) is 4.80. The second-order valence-electron chi connectivity index (χ2n) is 4.44. The Balaban J connectivity index is 2.08. The minimum Gasteiger partial charge on any atom is -0.304 e. The van der Waals surface area contributed by atoms with E-state index in [1.165, 1.54) is 0 Å². The molecule has 1 aliphatic heterocycles. The van der Waals surface area contributed by atoms with E-state index in [2.05, 4.69) is 32.4 Å². The van der Waals surface area contributed by atoms with Crippen LogP contribution in [-0.4, -0.2) is 53.1 Å². The van der Waals surface area contributed by atoms with Crippen LogP contribution in [0.15, 0.2) is 0 Å². The number of hydrogen-bond acceptors (Lipinski definition) is 5. The van der Waals surface area contributed by atoms with Gasteiger partial charge in [-0.05, 0) is 20.9 Å². The van der Waals surface area contributed by atoms with Crippen LogP contribution in [0.25, 0.3) is 0 Å². The Morgan fingerprint density at radius 3 is 2.41 bits per heavy atom. The Morgan fingerprint density at radius 1 is 1.12 bits per heavy atom. The van der Waals surface area contributed by atoms with Gasteiger partial charge in [0.2, 0.25) is 0 Å². The minimum atomic E-state index is 0.522. The van der Waals surface area contributed by atoms with Crippen LogP contribution in [0.3, 0.4) is 0 Å². The zero-order chi connectivity index (χ0) is 12.4. The fourth-order valence-corrected chi connectivity index (χ4v) is 1.98. The molecule has 0 atom stereocenters. The summed E-state index contributed by atoms with van der Waals surface area (Å²) in [6, 6.07) is 0. The Hall–Kier alpha value is -0.910. The van der Waals surface area contributed by atoms with Crippen molar-refractivity contribution in [3.8, 4) is 0 Å². The molecule has 17 heavy (non-hydrogen) atoms. The molecule has 6 heteroatoms. The van der Waals surface area contributed by atoms with E-state index in [1.807, 2.05) is 13.8 Å². The summed E-state index contributed by atoms with van der Waals surface area (Å²) in [4.78, 5) is 10.8. The molecule has 1 aliphatic rings. The van der Waals surface area contributed by atoms with E-state index in [-0.39, 0.29) is 0 Å². The average molecular weight is 256 g/mol. The van der Waals surface area contributed by atoms with Gasteiger partial charge in [-0.3, -0.25) is 0 Å². The van der Waals surface area contributed by atoms with Crippen LogP contribution in [0.1, 0.15) is 11.4 Å². The van der Waals surface area contributed by atoms with E-state index >= 15 is 0 Å². The van der Waals surface area contributed by atoms with Gasteiger partial charge >= 0.3 is 0 Å². The molecule has 1 aromatic heterocycles. The van der Waals surface area contributed by atoms with Crippen molar-refractivity contribution < 1.29 is 0 Å². The van der Waals surface area contributed by atoms with Gasteiger partial charge in [0.1, 0.15) is 16.8 Å². The van der Waals surface area contributed by atoms with Gasteiger partial charge < -0.3 is 10.3 Å². The Labute approximate surface area is 107 Å². The van der Waals surface area contributed by atoms with Gasteiger partial charge in [0, 0.05) is 31.7 Å². The van der Waals surface area contributed by atoms with E-state index in [4.69, 9.17) is 11.6 Å². The smallest absolute Gasteiger partial charge is 0.148 e. The van der Waals surface area contributed by atoms with Crippen molar-refractivity contribution in [2.75, 3.05) is 38.7 Å². The van der Waals surface area contributed by atoms with Crippen LogP contribution >= 0.6 is 11.6 Å². The fraction of sp³-hybridized carbons (Fsp3) is 0.636. The number of nitrogens with one attached hydrogen (secondary N) is 1. The summed E-state index contributed by atoms with van der Waals surface area (Å²) in [6.45, 7) is 7.86. The Morgan fingerprint density at radius 2 is 1.76 bits per heavy atom. The molecule has 0 bridgehead atoms. The number of nitrogens with zero attached hydrogens (tertiary/aromatic N) is 4. The molecule has 0 saturated carbocycles. The first-order valence-electron chi connectivity index (χ1n) is 5.77. The number of piperazine rings is 1. The molecular formula is C11H18ClN5. The number of anilines is 1. The lowest BCUT2D eigenvalue weighted by Gasteiger charge is -2.33. The van der Waals surface area contributed by atoms with Crippen LogP contribution in [0.2, 0.25) is 5.15 Å². The monoisotopic (exact) mass is 255 g/mol. The highest BCUT2D eigenvalue weighted by Gasteiger charge is 2.15. The predicted molar refractivity (Wildman–Crippen MR) is 69.2 cm³/mol. The number of hydrogen-bond donors (Lipinski definition) is 1. The van der Waals surface area contributed by atoms with E-state index in [0.29, 0.717) is 11.0 Å². The highest BCUT2D eigenvalue weighted by molar-refractivity contribution is 6.30. The van der Waals surface area contributed by atoms with Gasteiger partial charge in [-0.2, -0.15) is 0 Å². The maximum atomic E-state index is 6.04. The molecule has 0 radical (unpaired) electrons. The zero-order valence-electron chi connectivity index (χ0n) is 10.5. The third kappa shape index (κ3) is 3.06. The number of likely N-dealkylation sites (N-methyl/N-ethyl adjacent to an activating group) is 1. The van der Waals surface area contributed by atoms with Gasteiger partial charge in [-0.15, -0.1) is 0 Å². The van der Waals surface area contributed by atoms with Crippen molar-refractivity contribution in [3.05, 3.63) is 16.5 Å². The highest BCUT2D eigenvalue weighted by Crippen LogP contribution is 2.20. The van der Waals surface area contributed by atoms with Crippen molar-refractivity contribution in [1.82, 2.24) is 19.9 Å². The zero-order valence-corrected chi connectivity index (χ0v) is 11.3. The van der Waals surface area contributed by atoms with Crippen LogP contribution in [0, 0.1) is 13.8 Å². The molecule has 0 aromatic carbocycles. The van der Waals surface area contributed by atoms with Crippen molar-refractivity contribution in [2.45, 2.75) is 13.8 Å². The summed E-state index contributed by atoms with van der Waals surface area (Å²) in [5.74, 6) is 1.50. The van der Waals surface area contributed by atoms with Gasteiger partial charge in [0.15, 0.2) is 0 Å². The molecule has 0 amide bonds. The first-order chi connectivity index (χ1) is 8.06. The molecular weight excluding hydrogens is 238 g/mol. The summed E-state index contributed by atoms with van der Waals surface area (Å²) in [7, 11) is 2.13. The SMILES string of the molecule is Cc1nc(Cl)c(C)c(NN2CCN(C)CC2)n1. The van der Waals surface area contributed by atoms with Crippen LogP contribution in [0.4, 0.5) is 5.82 Å². The molecule has 0 unspecified atom stereocenters. The molecule has 5 nitrogen and oxygen atoms in total. The first-order valence-corrected chi connectivity index (χ1v) is 6.15. The standard InChI is InChI=1S/C11H18ClN5/c1-8-10(12)13-9(2)14-11(8)15-17-6-4-16(3)5-7-17/h4-7H2,1-3H3,(H,13,14,15). The van der Waals surface area contributed by atoms with Crippen molar-refractivity contribution in [2.24, 2.45) is 0 Å². The lowest BCUT2D eigenvalue weighted by molar-refractivity contribution is 0.178. The summed E-state index contributed by atoms with van der Waals surface area (Å²) in [5.41, 5.74) is 4.22. The Kier molecular flexibility index (Phi) is 3.81. The second kappa shape index (κ2) is 5.16. The Bertz CT molecular complexity index is 401. The average Bonchev–Trinajstić information content (AvgIpc) is 2.28. The van der Waals surface area contributed by atoms with Crippen LogP contribution in [0.5, 0.6) is 0 Å². The molecule has 1 N–H and O–H groups in total. The topological polar surface area (TPSA) is 44.3 Å². The van der Waals surface area contributed by atoms with Gasteiger partial charge in [-0.1, -0.05) is 11.6 Å². The number of halogens is 1. The predicted octanol–water partition coefficient (Wildman–Crippen LogP) is 1.32. The summed E-state index contributed by atoms with van der Waals surface area (Å²) >= 11 is 6.04. The van der Waals surface area contributed by atoms with Gasteiger partial charge in [-0.25, -0.2) is 15.0 Å². The van der Waals surface area contributed by atoms with E-state index in [9.17, 15) is 0 Å². The third-order valence-corrected chi connectivity index (χ3v) is 3.33. The van der Waals surface area contributed by atoms with Crippen molar-refractivity contribution in [1.29, 1.82) is 0 Å². The fourth-order valence-electron chi connectivity index (χ4n) is 1.77. The summed E-state index contributed by atoms with van der Waals surface area (Å²) in [5, 5.41) is 2.69. The normalized spacial score (nSPS) is 18.4. The number of rotatable bonds is 2. The van der Waals surface area contributed by atoms with Crippen molar-refractivity contribution >= 4 is 17.4 Å². The lowest BCUT2D eigenvalue weighted by Crippen LogP contribution is -2.47. The van der Waals surface area contributed by atoms with E-state index in [0.717, 1.165) is 37.6 Å². The maximum absolute atomic E-state index is 6.04. The molecule has 2 rings (SSSR count). The van der Waals surface area contributed by atoms with Crippen LogP contribution < -0.4 is 5.43 Å². The largest absolute Gasteiger partial charge is 0.304 e. The van der Waals surface area contributed by atoms with Gasteiger partial charge in [0.25, 0.3) is 0 Å². The van der Waals surface area contributed by atoms with Crippen LogP contribution in [-0.2, 0) is 0 Å². The molecule has 0 aliphatic carbocycles. The lowest BCUT2D eigenvalue weighted by atomic mass is 10.3. The molecule has 0 spiro atoms. The molecule has 1 fully saturated rings. The number of aryl methyl sites for hydroxylation is 1. The third-order valence-electron chi connectivity index (χ3n) is 2.97. The molecule has 2 heterocycles. The first kappa shape index (κ1) is 12.5. The van der Waals surface area contributed by atoms with E-state index in [1.54, 1.807) is 0 Å². The summed E-state index contributed by atoms with van der Waals surface area (Å²) < 4.78 is 0. The van der Waals surface area contributed by atoms with E-state index < -0.39 is 0 Å². The molecule has 1 aromatic rings. The highest BCUT2D eigenvalue weighted by atomic mass is 35.5. The molecule has 1 saturated heterocycles. The quantitative estimate of drug-likeness (QED) is 0.808. The number of hydrazine groups is 1.